The molecule has 7 heteroatoms. The summed E-state index contributed by atoms with van der Waals surface area (Å²) in [6.07, 6.45) is 1.16. The van der Waals surface area contributed by atoms with E-state index in [0.717, 1.165) is 6.21 Å². The molecule has 124 valence electrons. The summed E-state index contributed by atoms with van der Waals surface area (Å²) in [5.41, 5.74) is 0.423. The van der Waals surface area contributed by atoms with Crippen LogP contribution in [0.4, 0.5) is 5.69 Å². The average Bonchev–Trinajstić information content (AvgIpc) is 2.49. The van der Waals surface area contributed by atoms with Crippen LogP contribution >= 0.6 is 11.6 Å². The van der Waals surface area contributed by atoms with Crippen LogP contribution in [0.3, 0.4) is 0 Å². The zero-order valence-corrected chi connectivity index (χ0v) is 13.9. The molecule has 0 fully saturated rings. The summed E-state index contributed by atoms with van der Waals surface area (Å²) in [7, 11) is 0. The third-order valence-corrected chi connectivity index (χ3v) is 3.21. The smallest absolute Gasteiger partial charge is 0.339 e. The van der Waals surface area contributed by atoms with Gasteiger partial charge >= 0.3 is 11.9 Å². The van der Waals surface area contributed by atoms with Gasteiger partial charge in [0.25, 0.3) is 0 Å². The van der Waals surface area contributed by atoms with Crippen molar-refractivity contribution in [1.82, 2.24) is 0 Å². The van der Waals surface area contributed by atoms with E-state index in [1.54, 1.807) is 26.0 Å². The molecule has 0 saturated carbocycles. The summed E-state index contributed by atoms with van der Waals surface area (Å²) in [5.74, 6) is -2.76. The first kappa shape index (κ1) is 18.8. The molecular weight excluding hydrogens is 322 g/mol. The molecule has 0 spiro atoms. The van der Waals surface area contributed by atoms with E-state index >= 15 is 0 Å². The van der Waals surface area contributed by atoms with Crippen LogP contribution in [0.25, 0.3) is 0 Å². The normalized spacial score (nSPS) is 12.0. The maximum atomic E-state index is 11.8. The number of carbonyl (C=O) groups is 3. The average molecular weight is 340 g/mol. The summed E-state index contributed by atoms with van der Waals surface area (Å²) in [4.78, 5) is 39.1. The quantitative estimate of drug-likeness (QED) is 0.433. The van der Waals surface area contributed by atoms with Gasteiger partial charge in [-0.25, -0.2) is 4.79 Å². The van der Waals surface area contributed by atoms with Crippen LogP contribution in [0.15, 0.2) is 23.2 Å². The lowest BCUT2D eigenvalue weighted by Gasteiger charge is -2.08. The van der Waals surface area contributed by atoms with Gasteiger partial charge in [-0.3, -0.25) is 14.6 Å². The largest absolute Gasteiger partial charge is 0.465 e. The van der Waals surface area contributed by atoms with Crippen molar-refractivity contribution in [3.05, 3.63) is 28.8 Å². The van der Waals surface area contributed by atoms with Gasteiger partial charge in [0, 0.05) is 6.21 Å². The Balaban J connectivity index is 3.07. The molecule has 0 radical (unpaired) electrons. The van der Waals surface area contributed by atoms with E-state index in [-0.39, 0.29) is 29.5 Å². The first-order chi connectivity index (χ1) is 10.9. The van der Waals surface area contributed by atoms with Gasteiger partial charge in [-0.15, -0.1) is 0 Å². The van der Waals surface area contributed by atoms with Crippen molar-refractivity contribution < 1.29 is 23.9 Å². The molecule has 1 rings (SSSR count). The van der Waals surface area contributed by atoms with Crippen LogP contribution in [0.5, 0.6) is 0 Å². The standard InChI is InChI=1S/C16H18ClNO5/c1-4-22-15(20)11-7-6-8-13(14(11)17)18-9-12(10(3)19)16(21)23-5-2/h6-9,12H,4-5H2,1-3H3. The van der Waals surface area contributed by atoms with Crippen LogP contribution < -0.4 is 0 Å². The number of aliphatic imine (C=N–C) groups is 1. The summed E-state index contributed by atoms with van der Waals surface area (Å²) in [6.45, 7) is 4.98. The molecule has 23 heavy (non-hydrogen) atoms. The lowest BCUT2D eigenvalue weighted by atomic mass is 10.1. The molecule has 0 aliphatic heterocycles. The highest BCUT2D eigenvalue weighted by molar-refractivity contribution is 6.36. The van der Waals surface area contributed by atoms with Gasteiger partial charge in [0.05, 0.1) is 29.5 Å². The lowest BCUT2D eigenvalue weighted by molar-refractivity contribution is -0.148. The lowest BCUT2D eigenvalue weighted by Crippen LogP contribution is -2.25. The van der Waals surface area contributed by atoms with Crippen LogP contribution in [0.2, 0.25) is 5.02 Å². The number of hydrogen-bond donors (Lipinski definition) is 0. The maximum absolute atomic E-state index is 11.8. The van der Waals surface area contributed by atoms with Gasteiger partial charge in [-0.1, -0.05) is 17.7 Å². The van der Waals surface area contributed by atoms with Gasteiger partial charge < -0.3 is 9.47 Å². The van der Waals surface area contributed by atoms with Crippen molar-refractivity contribution in [3.63, 3.8) is 0 Å². The Morgan fingerprint density at radius 3 is 2.43 bits per heavy atom. The monoisotopic (exact) mass is 339 g/mol. The zero-order valence-electron chi connectivity index (χ0n) is 13.2. The summed E-state index contributed by atoms with van der Waals surface area (Å²) in [5, 5.41) is 0.0911. The Bertz CT molecular complexity index is 627. The van der Waals surface area contributed by atoms with Crippen molar-refractivity contribution in [2.24, 2.45) is 10.9 Å². The maximum Gasteiger partial charge on any atom is 0.339 e. The number of nitrogens with zero attached hydrogens (tertiary/aromatic N) is 1. The number of ketones is 1. The summed E-state index contributed by atoms with van der Waals surface area (Å²) >= 11 is 6.13. The fourth-order valence-electron chi connectivity index (χ4n) is 1.70. The second-order valence-corrected chi connectivity index (χ2v) is 4.86. The first-order valence-corrected chi connectivity index (χ1v) is 7.47. The Hall–Kier alpha value is -2.21. The molecule has 0 aliphatic carbocycles. The molecule has 1 atom stereocenters. The fourth-order valence-corrected chi connectivity index (χ4v) is 1.96. The van der Waals surface area contributed by atoms with E-state index in [4.69, 9.17) is 21.1 Å². The van der Waals surface area contributed by atoms with Gasteiger partial charge in [0.2, 0.25) is 0 Å². The second kappa shape index (κ2) is 9.05. The summed E-state index contributed by atoms with van der Waals surface area (Å²) < 4.78 is 9.71. The number of carbonyl (C=O) groups excluding carboxylic acids is 3. The number of Topliss-reactive ketones (excluding diaryl/α,β-unsaturated/α-hetero) is 1. The second-order valence-electron chi connectivity index (χ2n) is 4.48. The number of esters is 2. The van der Waals surface area contributed by atoms with Crippen molar-refractivity contribution in [2.75, 3.05) is 13.2 Å². The summed E-state index contributed by atoms with van der Waals surface area (Å²) in [6, 6.07) is 4.65. The minimum absolute atomic E-state index is 0.0911. The number of halogens is 1. The van der Waals surface area contributed by atoms with E-state index in [0.29, 0.717) is 0 Å². The number of rotatable bonds is 7. The first-order valence-electron chi connectivity index (χ1n) is 7.09. The van der Waals surface area contributed by atoms with E-state index in [1.165, 1.54) is 13.0 Å². The van der Waals surface area contributed by atoms with Gasteiger partial charge in [0.15, 0.2) is 5.92 Å². The molecular formula is C16H18ClNO5. The predicted molar refractivity (Wildman–Crippen MR) is 86.4 cm³/mol. The molecule has 0 heterocycles. The third kappa shape index (κ3) is 5.17. The predicted octanol–water partition coefficient (Wildman–Crippen LogP) is 2.99. The van der Waals surface area contributed by atoms with Gasteiger partial charge in [-0.05, 0) is 32.9 Å². The highest BCUT2D eigenvalue weighted by atomic mass is 35.5. The minimum Gasteiger partial charge on any atom is -0.465 e. The Morgan fingerprint density at radius 2 is 1.87 bits per heavy atom. The zero-order chi connectivity index (χ0) is 17.4. The van der Waals surface area contributed by atoms with Gasteiger partial charge in [0.1, 0.15) is 5.78 Å². The number of ether oxygens (including phenoxy) is 2. The SMILES string of the molecule is CCOC(=O)c1cccc(N=CC(C(C)=O)C(=O)OCC)c1Cl. The van der Waals surface area contributed by atoms with Crippen LogP contribution in [-0.2, 0) is 19.1 Å². The minimum atomic E-state index is -1.11. The van der Waals surface area contributed by atoms with Crippen LogP contribution in [0.1, 0.15) is 31.1 Å². The van der Waals surface area contributed by atoms with E-state index in [9.17, 15) is 14.4 Å². The van der Waals surface area contributed by atoms with Gasteiger partial charge in [-0.2, -0.15) is 0 Å². The molecule has 1 aromatic rings. The fraction of sp³-hybridized carbons (Fsp3) is 0.375. The number of benzene rings is 1. The molecule has 6 nitrogen and oxygen atoms in total. The molecule has 0 aliphatic rings. The number of hydrogen-bond acceptors (Lipinski definition) is 6. The Kier molecular flexibility index (Phi) is 7.41. The molecule has 0 aromatic heterocycles. The topological polar surface area (TPSA) is 82.0 Å². The molecule has 1 unspecified atom stereocenters. The van der Waals surface area contributed by atoms with Crippen molar-refractivity contribution in [3.8, 4) is 0 Å². The van der Waals surface area contributed by atoms with Crippen molar-refractivity contribution in [2.45, 2.75) is 20.8 Å². The molecule has 0 saturated heterocycles. The Morgan fingerprint density at radius 1 is 1.22 bits per heavy atom. The van der Waals surface area contributed by atoms with E-state index in [1.807, 2.05) is 0 Å². The Labute approximate surface area is 139 Å². The van der Waals surface area contributed by atoms with Crippen molar-refractivity contribution >= 4 is 41.2 Å². The molecule has 0 amide bonds. The van der Waals surface area contributed by atoms with E-state index in [2.05, 4.69) is 4.99 Å². The highest BCUT2D eigenvalue weighted by Gasteiger charge is 2.23. The third-order valence-electron chi connectivity index (χ3n) is 2.81. The van der Waals surface area contributed by atoms with E-state index < -0.39 is 23.6 Å². The van der Waals surface area contributed by atoms with Crippen LogP contribution in [-0.4, -0.2) is 37.2 Å². The van der Waals surface area contributed by atoms with Crippen LogP contribution in [0, 0.1) is 5.92 Å². The molecule has 0 N–H and O–H groups in total. The molecule has 1 aromatic carbocycles. The van der Waals surface area contributed by atoms with Crippen molar-refractivity contribution in [1.29, 1.82) is 0 Å². The molecule has 0 bridgehead atoms. The highest BCUT2D eigenvalue weighted by Crippen LogP contribution is 2.29.